The summed E-state index contributed by atoms with van der Waals surface area (Å²) in [6.07, 6.45) is 1.42. The van der Waals surface area contributed by atoms with Crippen LogP contribution in [-0.2, 0) is 4.74 Å². The van der Waals surface area contributed by atoms with E-state index in [1.165, 1.54) is 6.20 Å². The van der Waals surface area contributed by atoms with E-state index < -0.39 is 0 Å². The first-order chi connectivity index (χ1) is 5.22. The van der Waals surface area contributed by atoms with E-state index in [4.69, 9.17) is 28.1 Å². The molecular formula is C5H7Cl2N3O. The van der Waals surface area contributed by atoms with Gasteiger partial charge in [-0.1, -0.05) is 11.6 Å². The largest absolute Gasteiger partial charge is 0.464 e. The number of nitrogens with one attached hydrogen (secondary N) is 1. The molecule has 1 N–H and O–H groups in total. The van der Waals surface area contributed by atoms with Crippen molar-refractivity contribution in [2.24, 2.45) is 4.99 Å². The molecule has 6 heteroatoms. The first-order valence-corrected chi connectivity index (χ1v) is 3.74. The number of ether oxygens (including phenoxy) is 1. The van der Waals surface area contributed by atoms with E-state index in [9.17, 15) is 0 Å². The Balaban J connectivity index is 2.60. The fourth-order valence-electron chi connectivity index (χ4n) is 0.569. The molecule has 0 amide bonds. The molecule has 0 aromatic rings. The lowest BCUT2D eigenvalue weighted by molar-refractivity contribution is 0.287. The molecule has 0 radical (unpaired) electrons. The van der Waals surface area contributed by atoms with E-state index in [2.05, 4.69) is 10.4 Å². The van der Waals surface area contributed by atoms with Crippen LogP contribution >= 0.6 is 23.4 Å². The van der Waals surface area contributed by atoms with Crippen molar-refractivity contribution in [2.75, 3.05) is 6.61 Å². The highest BCUT2D eigenvalue weighted by atomic mass is 35.5. The van der Waals surface area contributed by atoms with Gasteiger partial charge in [-0.3, -0.25) is 0 Å². The van der Waals surface area contributed by atoms with Gasteiger partial charge in [-0.15, -0.1) is 0 Å². The highest BCUT2D eigenvalue weighted by Crippen LogP contribution is 2.10. The van der Waals surface area contributed by atoms with Crippen LogP contribution in [0.1, 0.15) is 6.92 Å². The number of hydrogen-bond acceptors (Lipinski definition) is 4. The van der Waals surface area contributed by atoms with E-state index >= 15 is 0 Å². The number of halogens is 2. The smallest absolute Gasteiger partial charge is 0.311 e. The van der Waals surface area contributed by atoms with E-state index in [0.717, 1.165) is 4.53 Å². The van der Waals surface area contributed by atoms with Gasteiger partial charge in [0.2, 0.25) is 0 Å². The topological polar surface area (TPSA) is 36.9 Å². The Morgan fingerprint density at radius 3 is 3.09 bits per heavy atom. The highest BCUT2D eigenvalue weighted by Gasteiger charge is 2.09. The third-order valence-corrected chi connectivity index (χ3v) is 1.28. The first kappa shape index (κ1) is 8.49. The predicted molar refractivity (Wildman–Crippen MR) is 43.8 cm³/mol. The SMILES string of the molecule is CCOC1=NC(Cl)=CN(Cl)N1. The zero-order valence-corrected chi connectivity index (χ0v) is 7.35. The van der Waals surface area contributed by atoms with E-state index in [1.54, 1.807) is 0 Å². The van der Waals surface area contributed by atoms with Gasteiger partial charge in [0.25, 0.3) is 0 Å². The van der Waals surface area contributed by atoms with Crippen LogP contribution in [0.15, 0.2) is 16.3 Å². The molecule has 0 unspecified atom stereocenters. The van der Waals surface area contributed by atoms with Gasteiger partial charge >= 0.3 is 6.02 Å². The van der Waals surface area contributed by atoms with Crippen molar-refractivity contribution < 1.29 is 4.74 Å². The van der Waals surface area contributed by atoms with Crippen molar-refractivity contribution in [3.05, 3.63) is 11.4 Å². The Kier molecular flexibility index (Phi) is 2.84. The van der Waals surface area contributed by atoms with Gasteiger partial charge in [0, 0.05) is 11.8 Å². The standard InChI is InChI=1S/C5H7Cl2N3O/c1-2-11-5-8-4(6)3-10(7)9-5/h3H,2H2,1H3,(H,8,9). The van der Waals surface area contributed by atoms with Gasteiger partial charge in [-0.2, -0.15) is 9.52 Å². The average Bonchev–Trinajstić information content (AvgIpc) is 1.85. The van der Waals surface area contributed by atoms with Gasteiger partial charge in [-0.05, 0) is 6.92 Å². The normalized spacial score (nSPS) is 16.8. The maximum Gasteiger partial charge on any atom is 0.311 e. The van der Waals surface area contributed by atoms with E-state index in [1.807, 2.05) is 6.92 Å². The molecule has 1 rings (SSSR count). The second-order valence-corrected chi connectivity index (χ2v) is 2.48. The quantitative estimate of drug-likeness (QED) is 0.508. The van der Waals surface area contributed by atoms with Crippen molar-refractivity contribution in [3.63, 3.8) is 0 Å². The fraction of sp³-hybridized carbons (Fsp3) is 0.400. The maximum atomic E-state index is 5.57. The van der Waals surface area contributed by atoms with Gasteiger partial charge in [0.05, 0.1) is 12.8 Å². The fourth-order valence-corrected chi connectivity index (χ4v) is 0.958. The van der Waals surface area contributed by atoms with Gasteiger partial charge in [0.1, 0.15) is 0 Å². The Morgan fingerprint density at radius 2 is 2.55 bits per heavy atom. The third-order valence-electron chi connectivity index (χ3n) is 0.912. The number of hydrazine groups is 1. The molecule has 0 bridgehead atoms. The summed E-state index contributed by atoms with van der Waals surface area (Å²) in [5.74, 6) is 0. The highest BCUT2D eigenvalue weighted by molar-refractivity contribution is 6.30. The number of aliphatic imine (C=N–C) groups is 1. The van der Waals surface area contributed by atoms with Crippen LogP contribution in [0.25, 0.3) is 0 Å². The monoisotopic (exact) mass is 195 g/mol. The van der Waals surface area contributed by atoms with Gasteiger partial charge in [0.15, 0.2) is 5.16 Å². The Morgan fingerprint density at radius 1 is 1.82 bits per heavy atom. The summed E-state index contributed by atoms with van der Waals surface area (Å²) in [5, 5.41) is 0.280. The maximum absolute atomic E-state index is 5.57. The van der Waals surface area contributed by atoms with Crippen molar-refractivity contribution >= 4 is 29.4 Å². The summed E-state index contributed by atoms with van der Waals surface area (Å²) < 4.78 is 6.16. The van der Waals surface area contributed by atoms with Crippen molar-refractivity contribution in [3.8, 4) is 0 Å². The molecule has 62 valence electrons. The van der Waals surface area contributed by atoms with Gasteiger partial charge < -0.3 is 4.74 Å². The average molecular weight is 196 g/mol. The number of rotatable bonds is 1. The van der Waals surface area contributed by atoms with Crippen molar-refractivity contribution in [1.82, 2.24) is 9.95 Å². The molecule has 0 saturated heterocycles. The molecule has 1 aliphatic rings. The van der Waals surface area contributed by atoms with Gasteiger partial charge in [-0.25, -0.2) is 5.43 Å². The van der Waals surface area contributed by atoms with Crippen LogP contribution in [0.3, 0.4) is 0 Å². The van der Waals surface area contributed by atoms with E-state index in [0.29, 0.717) is 12.6 Å². The summed E-state index contributed by atoms with van der Waals surface area (Å²) in [6, 6.07) is 0.301. The summed E-state index contributed by atoms with van der Waals surface area (Å²) in [7, 11) is 0. The lowest BCUT2D eigenvalue weighted by Gasteiger charge is -2.18. The van der Waals surface area contributed by atoms with Crippen LogP contribution in [0, 0.1) is 0 Å². The van der Waals surface area contributed by atoms with Crippen LogP contribution in [-0.4, -0.2) is 17.2 Å². The zero-order valence-electron chi connectivity index (χ0n) is 5.84. The Bertz CT molecular complexity index is 204. The number of amidine groups is 1. The Labute approximate surface area is 74.5 Å². The second-order valence-electron chi connectivity index (χ2n) is 1.72. The summed E-state index contributed by atoms with van der Waals surface area (Å²) in [6.45, 7) is 2.36. The van der Waals surface area contributed by atoms with Crippen LogP contribution in [0.5, 0.6) is 0 Å². The molecule has 0 spiro atoms. The minimum absolute atomic E-state index is 0.280. The molecule has 1 aliphatic heterocycles. The molecule has 4 nitrogen and oxygen atoms in total. The second kappa shape index (κ2) is 3.69. The van der Waals surface area contributed by atoms with Crippen molar-refractivity contribution in [1.29, 1.82) is 0 Å². The Hall–Kier alpha value is -0.610. The predicted octanol–water partition coefficient (Wildman–Crippen LogP) is 1.39. The molecule has 0 aromatic carbocycles. The van der Waals surface area contributed by atoms with Crippen LogP contribution in [0.4, 0.5) is 0 Å². The number of nitrogens with zero attached hydrogens (tertiary/aromatic N) is 2. The molecule has 0 aromatic heterocycles. The molecule has 1 heterocycles. The summed E-state index contributed by atoms with van der Waals surface area (Å²) >= 11 is 11.1. The van der Waals surface area contributed by atoms with Crippen molar-refractivity contribution in [2.45, 2.75) is 6.92 Å². The molecule has 0 aliphatic carbocycles. The minimum atomic E-state index is 0.280. The molecule has 11 heavy (non-hydrogen) atoms. The lowest BCUT2D eigenvalue weighted by Crippen LogP contribution is -2.36. The molecule has 0 saturated carbocycles. The van der Waals surface area contributed by atoms with Crippen LogP contribution < -0.4 is 5.43 Å². The molecule has 0 fully saturated rings. The minimum Gasteiger partial charge on any atom is -0.464 e. The van der Waals surface area contributed by atoms with Crippen LogP contribution in [0.2, 0.25) is 0 Å². The molecule has 0 atom stereocenters. The lowest BCUT2D eigenvalue weighted by atomic mass is 10.8. The third kappa shape index (κ3) is 2.48. The summed E-state index contributed by atoms with van der Waals surface area (Å²) in [4.78, 5) is 3.81. The van der Waals surface area contributed by atoms with E-state index in [-0.39, 0.29) is 5.16 Å². The zero-order chi connectivity index (χ0) is 8.27. The molecular weight excluding hydrogens is 189 g/mol. The number of hydrogen-bond donors (Lipinski definition) is 1. The first-order valence-electron chi connectivity index (χ1n) is 3.03. The summed E-state index contributed by atoms with van der Waals surface area (Å²) in [5.41, 5.74) is 2.61.